The summed E-state index contributed by atoms with van der Waals surface area (Å²) in [6.45, 7) is 3.32. The van der Waals surface area contributed by atoms with E-state index in [1.807, 2.05) is 4.68 Å². The molecule has 1 saturated carbocycles. The van der Waals surface area contributed by atoms with Crippen molar-refractivity contribution in [3.05, 3.63) is 29.3 Å². The molecule has 1 saturated heterocycles. The molecule has 3 heterocycles. The highest BCUT2D eigenvalue weighted by atomic mass is 19.3. The molecule has 2 aliphatic carbocycles. The molecule has 9 heteroatoms. The van der Waals surface area contributed by atoms with Crippen LogP contribution in [0.5, 0.6) is 0 Å². The van der Waals surface area contributed by atoms with E-state index in [4.69, 9.17) is 0 Å². The van der Waals surface area contributed by atoms with Crippen LogP contribution in [0.4, 0.5) is 14.5 Å². The molecule has 25 heavy (non-hydrogen) atoms. The van der Waals surface area contributed by atoms with Crippen molar-refractivity contribution in [1.29, 1.82) is 0 Å². The van der Waals surface area contributed by atoms with Crippen LogP contribution in [0.25, 0.3) is 0 Å². The number of carbonyl (C=O) groups excluding carboxylic acids is 1. The van der Waals surface area contributed by atoms with Gasteiger partial charge in [-0.05, 0) is 6.42 Å². The van der Waals surface area contributed by atoms with Gasteiger partial charge in [0.2, 0.25) is 0 Å². The van der Waals surface area contributed by atoms with Crippen LogP contribution in [0.1, 0.15) is 34.7 Å². The molecule has 0 radical (unpaired) electrons. The fourth-order valence-corrected chi connectivity index (χ4v) is 4.05. The molecule has 0 bridgehead atoms. The van der Waals surface area contributed by atoms with Gasteiger partial charge in [-0.25, -0.2) is 8.78 Å². The monoisotopic (exact) mass is 348 g/mol. The average molecular weight is 348 g/mol. The predicted octanol–water partition coefficient (Wildman–Crippen LogP) is 1.37. The zero-order valence-electron chi connectivity index (χ0n) is 13.6. The summed E-state index contributed by atoms with van der Waals surface area (Å²) in [6.07, 6.45) is 3.77. The van der Waals surface area contributed by atoms with Crippen molar-refractivity contribution in [1.82, 2.24) is 25.3 Å². The van der Waals surface area contributed by atoms with E-state index in [1.165, 1.54) is 0 Å². The van der Waals surface area contributed by atoms with Gasteiger partial charge in [0.1, 0.15) is 0 Å². The fourth-order valence-electron chi connectivity index (χ4n) is 4.05. The minimum absolute atomic E-state index is 0.186. The number of halogens is 2. The van der Waals surface area contributed by atoms with Gasteiger partial charge < -0.3 is 10.6 Å². The van der Waals surface area contributed by atoms with E-state index in [2.05, 4.69) is 25.9 Å². The maximum absolute atomic E-state index is 14.0. The smallest absolute Gasteiger partial charge is 0.276 e. The number of nitrogens with one attached hydrogen (secondary N) is 3. The van der Waals surface area contributed by atoms with Gasteiger partial charge >= 0.3 is 0 Å². The van der Waals surface area contributed by atoms with E-state index in [0.717, 1.165) is 13.1 Å². The number of anilines is 1. The van der Waals surface area contributed by atoms with Crippen molar-refractivity contribution in [3.8, 4) is 0 Å². The number of alkyl halides is 2. The Morgan fingerprint density at radius 3 is 2.96 bits per heavy atom. The van der Waals surface area contributed by atoms with Crippen LogP contribution in [-0.2, 0) is 12.8 Å². The third-order valence-electron chi connectivity index (χ3n) is 6.00. The Morgan fingerprint density at radius 2 is 2.24 bits per heavy atom. The first kappa shape index (κ1) is 15.0. The van der Waals surface area contributed by atoms with Gasteiger partial charge in [-0.3, -0.25) is 14.6 Å². The number of rotatable bonds is 3. The van der Waals surface area contributed by atoms with Crippen LogP contribution in [0.15, 0.2) is 12.4 Å². The summed E-state index contributed by atoms with van der Waals surface area (Å²) in [5.74, 6) is -3.76. The van der Waals surface area contributed by atoms with E-state index in [1.54, 1.807) is 19.3 Å². The van der Waals surface area contributed by atoms with E-state index >= 15 is 0 Å². The van der Waals surface area contributed by atoms with Crippen molar-refractivity contribution in [2.45, 2.75) is 31.7 Å². The molecule has 0 spiro atoms. The first-order valence-electron chi connectivity index (χ1n) is 8.40. The Bertz CT molecular complexity index is 870. The summed E-state index contributed by atoms with van der Waals surface area (Å²) in [5.41, 5.74) is 1.05. The maximum Gasteiger partial charge on any atom is 0.276 e. The molecule has 5 rings (SSSR count). The lowest BCUT2D eigenvalue weighted by molar-refractivity contribution is 0.0631. The van der Waals surface area contributed by atoms with E-state index in [9.17, 15) is 13.6 Å². The topological polar surface area (TPSA) is 87.6 Å². The van der Waals surface area contributed by atoms with Gasteiger partial charge in [-0.1, -0.05) is 6.92 Å². The van der Waals surface area contributed by atoms with Crippen LogP contribution >= 0.6 is 0 Å². The summed E-state index contributed by atoms with van der Waals surface area (Å²) < 4.78 is 29.8. The summed E-state index contributed by atoms with van der Waals surface area (Å²) in [6, 6.07) is 0.304. The Morgan fingerprint density at radius 1 is 1.44 bits per heavy atom. The molecule has 3 aliphatic rings. The quantitative estimate of drug-likeness (QED) is 0.782. The summed E-state index contributed by atoms with van der Waals surface area (Å²) in [4.78, 5) is 12.5. The molecular formula is C16H18F2N6O. The van der Waals surface area contributed by atoms with Crippen LogP contribution in [0.2, 0.25) is 0 Å². The lowest BCUT2D eigenvalue weighted by Gasteiger charge is -2.27. The number of H-pyrrole nitrogens is 1. The summed E-state index contributed by atoms with van der Waals surface area (Å²) in [5, 5.41) is 17.0. The number of amides is 1. The molecule has 132 valence electrons. The molecule has 0 aromatic carbocycles. The van der Waals surface area contributed by atoms with Crippen molar-refractivity contribution < 1.29 is 13.6 Å². The standard InChI is InChI=1S/C16H18F2N6O/c1-15-3-11-10(2-12(15)16(15,17)18)13(23-22-11)14(25)21-8-4-20-24(7-8)9-5-19-6-9/h4,7,9,12,19H,2-3,5-6H2,1H3,(H,21,25)(H,22,23). The molecule has 2 fully saturated rings. The summed E-state index contributed by atoms with van der Waals surface area (Å²) in [7, 11) is 0. The van der Waals surface area contributed by atoms with Crippen LogP contribution in [-0.4, -0.2) is 44.9 Å². The minimum atomic E-state index is -2.67. The fraction of sp³-hybridized carbons (Fsp3) is 0.562. The van der Waals surface area contributed by atoms with Gasteiger partial charge in [0.15, 0.2) is 5.69 Å². The van der Waals surface area contributed by atoms with Crippen molar-refractivity contribution >= 4 is 11.6 Å². The molecular weight excluding hydrogens is 330 g/mol. The van der Waals surface area contributed by atoms with Crippen LogP contribution in [0, 0.1) is 11.3 Å². The number of fused-ring (bicyclic) bond motifs is 2. The highest BCUT2D eigenvalue weighted by molar-refractivity contribution is 6.04. The molecule has 2 aromatic heterocycles. The number of carbonyl (C=O) groups is 1. The molecule has 2 atom stereocenters. The Hall–Kier alpha value is -2.29. The number of hydrogen-bond donors (Lipinski definition) is 3. The zero-order chi connectivity index (χ0) is 17.4. The lowest BCUT2D eigenvalue weighted by Crippen LogP contribution is -2.43. The second-order valence-corrected chi connectivity index (χ2v) is 7.48. The average Bonchev–Trinajstić information content (AvgIpc) is 2.94. The first-order chi connectivity index (χ1) is 11.9. The third-order valence-corrected chi connectivity index (χ3v) is 6.00. The number of hydrogen-bond acceptors (Lipinski definition) is 4. The minimum Gasteiger partial charge on any atom is -0.318 e. The van der Waals surface area contributed by atoms with Gasteiger partial charge in [0.05, 0.1) is 17.9 Å². The van der Waals surface area contributed by atoms with E-state index in [-0.39, 0.29) is 18.5 Å². The van der Waals surface area contributed by atoms with Crippen molar-refractivity contribution in [3.63, 3.8) is 0 Å². The van der Waals surface area contributed by atoms with E-state index in [0.29, 0.717) is 23.0 Å². The zero-order valence-corrected chi connectivity index (χ0v) is 13.6. The van der Waals surface area contributed by atoms with Crippen LogP contribution < -0.4 is 10.6 Å². The molecule has 1 aliphatic heterocycles. The second kappa shape index (κ2) is 4.66. The Balaban J connectivity index is 1.35. The highest BCUT2D eigenvalue weighted by Crippen LogP contribution is 2.70. The Labute approximate surface area is 142 Å². The van der Waals surface area contributed by atoms with Gasteiger partial charge in [-0.15, -0.1) is 0 Å². The normalized spacial score (nSPS) is 29.5. The van der Waals surface area contributed by atoms with Gasteiger partial charge in [0.25, 0.3) is 11.8 Å². The van der Waals surface area contributed by atoms with Crippen molar-refractivity contribution in [2.24, 2.45) is 11.3 Å². The third kappa shape index (κ3) is 1.95. The van der Waals surface area contributed by atoms with Gasteiger partial charge in [0, 0.05) is 48.3 Å². The van der Waals surface area contributed by atoms with E-state index < -0.39 is 23.2 Å². The van der Waals surface area contributed by atoms with Crippen LogP contribution in [0.3, 0.4) is 0 Å². The SMILES string of the molecule is CC12Cc3[nH]nc(C(=O)Nc4cnn(C5CNC5)c4)c3CC1C2(F)F. The molecule has 3 N–H and O–H groups in total. The Kier molecular flexibility index (Phi) is 2.80. The molecule has 2 unspecified atom stereocenters. The number of aromatic nitrogens is 4. The molecule has 1 amide bonds. The lowest BCUT2D eigenvalue weighted by atomic mass is 9.87. The summed E-state index contributed by atoms with van der Waals surface area (Å²) >= 11 is 0. The molecule has 2 aromatic rings. The number of aromatic amines is 1. The van der Waals surface area contributed by atoms with Crippen molar-refractivity contribution in [2.75, 3.05) is 18.4 Å². The maximum atomic E-state index is 14.0. The highest BCUT2D eigenvalue weighted by Gasteiger charge is 2.78. The predicted molar refractivity (Wildman–Crippen MR) is 84.6 cm³/mol. The van der Waals surface area contributed by atoms with Gasteiger partial charge in [-0.2, -0.15) is 10.2 Å². The molecule has 7 nitrogen and oxygen atoms in total. The first-order valence-corrected chi connectivity index (χ1v) is 8.40. The number of nitrogens with zero attached hydrogens (tertiary/aromatic N) is 3. The largest absolute Gasteiger partial charge is 0.318 e. The second-order valence-electron chi connectivity index (χ2n) is 7.48.